The van der Waals surface area contributed by atoms with Gasteiger partial charge in [0.25, 0.3) is 0 Å². The molecule has 2 rings (SSSR count). The van der Waals surface area contributed by atoms with Crippen LogP contribution in [0.2, 0.25) is 0 Å². The molecule has 0 spiro atoms. The Balaban J connectivity index is 1.68. The molecule has 5 heteroatoms. The predicted octanol–water partition coefficient (Wildman–Crippen LogP) is 0.242. The number of carbonyl (C=O) groups excluding carboxylic acids is 2. The van der Waals surface area contributed by atoms with Gasteiger partial charge in [-0.25, -0.2) is 0 Å². The highest BCUT2D eigenvalue weighted by molar-refractivity contribution is 5.87. The lowest BCUT2D eigenvalue weighted by Crippen LogP contribution is -2.53. The lowest BCUT2D eigenvalue weighted by molar-refractivity contribution is -0.130. The van der Waals surface area contributed by atoms with Crippen molar-refractivity contribution in [3.63, 3.8) is 0 Å². The number of carbonyl (C=O) groups is 2. The topological polar surface area (TPSA) is 75.4 Å². The lowest BCUT2D eigenvalue weighted by Gasteiger charge is -2.23. The average molecular weight is 253 g/mol. The summed E-state index contributed by atoms with van der Waals surface area (Å²) in [6.07, 6.45) is 4.65. The monoisotopic (exact) mass is 253 g/mol. The van der Waals surface area contributed by atoms with Crippen molar-refractivity contribution < 1.29 is 9.59 Å². The van der Waals surface area contributed by atoms with Crippen LogP contribution in [0.4, 0.5) is 0 Å². The largest absolute Gasteiger partial charge is 0.354 e. The molecule has 2 aliphatic rings. The highest BCUT2D eigenvalue weighted by Gasteiger charge is 2.43. The molecular formula is C13H23N3O2. The van der Waals surface area contributed by atoms with E-state index in [9.17, 15) is 9.59 Å². The summed E-state index contributed by atoms with van der Waals surface area (Å²) in [5.74, 6) is 0.323. The first-order chi connectivity index (χ1) is 8.51. The van der Waals surface area contributed by atoms with Crippen LogP contribution in [-0.2, 0) is 9.59 Å². The molecule has 5 nitrogen and oxygen atoms in total. The van der Waals surface area contributed by atoms with Crippen LogP contribution in [0.5, 0.6) is 0 Å². The van der Waals surface area contributed by atoms with E-state index in [1.54, 1.807) is 6.92 Å². The SMILES string of the molecule is CC(N)(C(=O)NCCC(=O)N1CCCC1)C1CC1. The second-order valence-electron chi connectivity index (χ2n) is 5.65. The minimum atomic E-state index is -0.767. The van der Waals surface area contributed by atoms with E-state index in [0.717, 1.165) is 38.8 Å². The van der Waals surface area contributed by atoms with E-state index >= 15 is 0 Å². The molecule has 0 aromatic heterocycles. The fourth-order valence-electron chi connectivity index (χ4n) is 2.47. The van der Waals surface area contributed by atoms with Crippen LogP contribution in [0.15, 0.2) is 0 Å². The van der Waals surface area contributed by atoms with Gasteiger partial charge in [0, 0.05) is 26.1 Å². The Morgan fingerprint density at radius 1 is 1.33 bits per heavy atom. The average Bonchev–Trinajstić information content (AvgIpc) is 3.05. The van der Waals surface area contributed by atoms with Gasteiger partial charge in [-0.2, -0.15) is 0 Å². The standard InChI is InChI=1S/C13H23N3O2/c1-13(14,10-4-5-10)12(18)15-7-6-11(17)16-8-2-3-9-16/h10H,2-9,14H2,1H3,(H,15,18). The van der Waals surface area contributed by atoms with Gasteiger partial charge >= 0.3 is 0 Å². The molecule has 1 saturated carbocycles. The van der Waals surface area contributed by atoms with Crippen molar-refractivity contribution in [1.82, 2.24) is 10.2 Å². The molecule has 18 heavy (non-hydrogen) atoms. The normalized spacial score (nSPS) is 22.7. The maximum absolute atomic E-state index is 11.9. The Kier molecular flexibility index (Phi) is 3.90. The van der Waals surface area contributed by atoms with E-state index in [-0.39, 0.29) is 11.8 Å². The minimum Gasteiger partial charge on any atom is -0.354 e. The lowest BCUT2D eigenvalue weighted by atomic mass is 9.96. The third-order valence-electron chi connectivity index (χ3n) is 4.00. The fourth-order valence-corrected chi connectivity index (χ4v) is 2.47. The van der Waals surface area contributed by atoms with Crippen LogP contribution in [-0.4, -0.2) is 41.9 Å². The van der Waals surface area contributed by atoms with Gasteiger partial charge in [-0.15, -0.1) is 0 Å². The quantitative estimate of drug-likeness (QED) is 0.737. The molecule has 1 saturated heterocycles. The number of hydrogen-bond donors (Lipinski definition) is 2. The molecule has 2 fully saturated rings. The zero-order valence-electron chi connectivity index (χ0n) is 11.1. The van der Waals surface area contributed by atoms with Crippen molar-refractivity contribution in [3.8, 4) is 0 Å². The molecule has 0 bridgehead atoms. The Morgan fingerprint density at radius 2 is 1.94 bits per heavy atom. The number of rotatable bonds is 5. The van der Waals surface area contributed by atoms with Gasteiger partial charge in [-0.05, 0) is 38.5 Å². The van der Waals surface area contributed by atoms with E-state index in [1.165, 1.54) is 0 Å². The third kappa shape index (κ3) is 3.02. The first kappa shape index (κ1) is 13.3. The van der Waals surface area contributed by atoms with Crippen LogP contribution in [0, 0.1) is 5.92 Å². The smallest absolute Gasteiger partial charge is 0.240 e. The summed E-state index contributed by atoms with van der Waals surface area (Å²) in [4.78, 5) is 25.5. The summed E-state index contributed by atoms with van der Waals surface area (Å²) in [7, 11) is 0. The van der Waals surface area contributed by atoms with Crippen LogP contribution in [0.3, 0.4) is 0 Å². The summed E-state index contributed by atoms with van der Waals surface area (Å²) >= 11 is 0. The van der Waals surface area contributed by atoms with Crippen LogP contribution in [0.1, 0.15) is 39.0 Å². The number of nitrogens with zero attached hydrogens (tertiary/aromatic N) is 1. The summed E-state index contributed by atoms with van der Waals surface area (Å²) in [6, 6.07) is 0. The van der Waals surface area contributed by atoms with Gasteiger partial charge in [0.15, 0.2) is 0 Å². The number of likely N-dealkylation sites (tertiary alicyclic amines) is 1. The Morgan fingerprint density at radius 3 is 2.50 bits per heavy atom. The molecule has 102 valence electrons. The van der Waals surface area contributed by atoms with E-state index < -0.39 is 5.54 Å². The van der Waals surface area contributed by atoms with E-state index in [1.807, 2.05) is 4.90 Å². The number of hydrogen-bond acceptors (Lipinski definition) is 3. The van der Waals surface area contributed by atoms with Crippen molar-refractivity contribution in [2.45, 2.75) is 44.6 Å². The number of nitrogens with one attached hydrogen (secondary N) is 1. The molecule has 0 aromatic rings. The molecule has 2 amide bonds. The Labute approximate surface area is 108 Å². The molecule has 0 aromatic carbocycles. The zero-order chi connectivity index (χ0) is 13.2. The molecule has 1 unspecified atom stereocenters. The molecule has 1 aliphatic heterocycles. The van der Waals surface area contributed by atoms with E-state index in [4.69, 9.17) is 5.73 Å². The molecule has 1 atom stereocenters. The van der Waals surface area contributed by atoms with Crippen LogP contribution >= 0.6 is 0 Å². The Hall–Kier alpha value is -1.10. The second kappa shape index (κ2) is 5.26. The van der Waals surface area contributed by atoms with Crippen molar-refractivity contribution in [3.05, 3.63) is 0 Å². The van der Waals surface area contributed by atoms with Crippen LogP contribution in [0.25, 0.3) is 0 Å². The van der Waals surface area contributed by atoms with Gasteiger partial charge < -0.3 is 16.0 Å². The van der Waals surface area contributed by atoms with Gasteiger partial charge in [-0.1, -0.05) is 0 Å². The number of nitrogens with two attached hydrogens (primary N) is 1. The summed E-state index contributed by atoms with van der Waals surface area (Å²) < 4.78 is 0. The molecule has 1 aliphatic carbocycles. The van der Waals surface area contributed by atoms with Gasteiger partial charge in [0.05, 0.1) is 5.54 Å². The molecule has 3 N–H and O–H groups in total. The van der Waals surface area contributed by atoms with E-state index in [2.05, 4.69) is 5.32 Å². The van der Waals surface area contributed by atoms with E-state index in [0.29, 0.717) is 18.9 Å². The molecule has 0 radical (unpaired) electrons. The minimum absolute atomic E-state index is 0.126. The molecular weight excluding hydrogens is 230 g/mol. The van der Waals surface area contributed by atoms with Gasteiger partial charge in [0.2, 0.25) is 11.8 Å². The van der Waals surface area contributed by atoms with Crippen LogP contribution < -0.4 is 11.1 Å². The van der Waals surface area contributed by atoms with Gasteiger partial charge in [0.1, 0.15) is 0 Å². The maximum Gasteiger partial charge on any atom is 0.240 e. The van der Waals surface area contributed by atoms with Crippen molar-refractivity contribution in [2.75, 3.05) is 19.6 Å². The second-order valence-corrected chi connectivity index (χ2v) is 5.65. The zero-order valence-corrected chi connectivity index (χ0v) is 11.1. The first-order valence-electron chi connectivity index (χ1n) is 6.87. The fraction of sp³-hybridized carbons (Fsp3) is 0.846. The maximum atomic E-state index is 11.9. The highest BCUT2D eigenvalue weighted by atomic mass is 16.2. The van der Waals surface area contributed by atoms with Crippen molar-refractivity contribution in [1.29, 1.82) is 0 Å². The molecule has 1 heterocycles. The summed E-state index contributed by atoms with van der Waals surface area (Å²) in [5, 5.41) is 2.79. The van der Waals surface area contributed by atoms with Crippen molar-refractivity contribution in [2.24, 2.45) is 11.7 Å². The summed E-state index contributed by atoms with van der Waals surface area (Å²) in [6.45, 7) is 3.91. The third-order valence-corrected chi connectivity index (χ3v) is 4.00. The number of amides is 2. The summed E-state index contributed by atoms with van der Waals surface area (Å²) in [5.41, 5.74) is 5.23. The van der Waals surface area contributed by atoms with Gasteiger partial charge in [-0.3, -0.25) is 9.59 Å². The predicted molar refractivity (Wildman–Crippen MR) is 68.8 cm³/mol. The highest BCUT2D eigenvalue weighted by Crippen LogP contribution is 2.38. The Bertz CT molecular complexity index is 331. The van der Waals surface area contributed by atoms with Crippen molar-refractivity contribution >= 4 is 11.8 Å². The first-order valence-corrected chi connectivity index (χ1v) is 6.87.